The summed E-state index contributed by atoms with van der Waals surface area (Å²) in [6.07, 6.45) is 3.83. The van der Waals surface area contributed by atoms with Crippen molar-refractivity contribution in [2.75, 3.05) is 13.7 Å². The lowest BCUT2D eigenvalue weighted by molar-refractivity contribution is 0.135. The SMILES string of the molecule is COCn1cc2c3c(cccc31)-c1cccc3c1OC[C@]3(c1ccccc1)c1oc(C)nc1-c1ncc-2o1. The number of hydrogen-bond acceptors (Lipinski definition) is 6. The molecule has 0 spiro atoms. The molecule has 2 aliphatic rings. The zero-order valence-electron chi connectivity index (χ0n) is 20.9. The molecule has 5 heterocycles. The van der Waals surface area contributed by atoms with Gasteiger partial charge in [0, 0.05) is 42.3 Å². The van der Waals surface area contributed by atoms with Gasteiger partial charge in [-0.3, -0.25) is 0 Å². The Kier molecular flexibility index (Phi) is 4.35. The van der Waals surface area contributed by atoms with Gasteiger partial charge in [0.05, 0.1) is 11.7 Å². The number of rotatable bonds is 3. The fourth-order valence-electron chi connectivity index (χ4n) is 6.16. The maximum atomic E-state index is 6.65. The van der Waals surface area contributed by atoms with Gasteiger partial charge < -0.3 is 22.9 Å². The highest BCUT2D eigenvalue weighted by Crippen LogP contribution is 2.55. The Morgan fingerprint density at radius 3 is 2.66 bits per heavy atom. The first-order valence-electron chi connectivity index (χ1n) is 12.6. The summed E-state index contributed by atoms with van der Waals surface area (Å²) in [5.74, 6) is 3.13. The van der Waals surface area contributed by atoms with Crippen LogP contribution in [0.2, 0.25) is 0 Å². The predicted octanol–water partition coefficient (Wildman–Crippen LogP) is 6.57. The summed E-state index contributed by atoms with van der Waals surface area (Å²) in [6, 6.07) is 23.0. The van der Waals surface area contributed by atoms with Crippen LogP contribution in [0.3, 0.4) is 0 Å². The molecule has 6 bridgehead atoms. The molecule has 0 amide bonds. The zero-order valence-corrected chi connectivity index (χ0v) is 20.9. The quantitative estimate of drug-likeness (QED) is 0.273. The van der Waals surface area contributed by atoms with E-state index in [0.717, 1.165) is 44.5 Å². The molecule has 2 aliphatic heterocycles. The average molecular weight is 502 g/mol. The minimum Gasteiger partial charge on any atom is -0.491 e. The second kappa shape index (κ2) is 7.69. The number of para-hydroxylation sites is 1. The third-order valence-electron chi connectivity index (χ3n) is 7.73. The molecule has 0 fully saturated rings. The molecule has 0 radical (unpaired) electrons. The first-order chi connectivity index (χ1) is 18.7. The van der Waals surface area contributed by atoms with Crippen LogP contribution in [0.4, 0.5) is 0 Å². The largest absolute Gasteiger partial charge is 0.491 e. The molecule has 3 aromatic heterocycles. The van der Waals surface area contributed by atoms with Crippen LogP contribution in [0.25, 0.3) is 44.9 Å². The Morgan fingerprint density at radius 1 is 0.947 bits per heavy atom. The summed E-state index contributed by atoms with van der Waals surface area (Å²) in [6.45, 7) is 2.63. The highest BCUT2D eigenvalue weighted by Gasteiger charge is 2.50. The van der Waals surface area contributed by atoms with Crippen LogP contribution in [0.15, 0.2) is 88.0 Å². The molecule has 1 atom stereocenters. The van der Waals surface area contributed by atoms with Crippen molar-refractivity contribution in [3.63, 3.8) is 0 Å². The molecule has 8 rings (SSSR count). The molecule has 7 nitrogen and oxygen atoms in total. The Bertz CT molecular complexity index is 1860. The normalized spacial score (nSPS) is 17.1. The zero-order chi connectivity index (χ0) is 25.4. The standard InChI is InChI=1S/C31H23N3O4/c1-18-33-27-29(37-18)31(19-8-4-3-5-9-19)16-36-28-21(11-6-12-23(28)31)20-10-7-13-24-26(20)22(15-34(24)17-35-2)25-14-32-30(27)38-25/h3-15H,16-17H2,1-2H3/t31-/m1/s1. The van der Waals surface area contributed by atoms with Crippen LogP contribution >= 0.6 is 0 Å². The summed E-state index contributed by atoms with van der Waals surface area (Å²) in [4.78, 5) is 9.49. The van der Waals surface area contributed by atoms with E-state index in [1.165, 1.54) is 0 Å². The monoisotopic (exact) mass is 501 g/mol. The van der Waals surface area contributed by atoms with Gasteiger partial charge in [0.25, 0.3) is 0 Å². The van der Waals surface area contributed by atoms with E-state index in [1.807, 2.05) is 25.1 Å². The van der Waals surface area contributed by atoms with E-state index in [1.54, 1.807) is 13.3 Å². The molecule has 6 aromatic rings. The molecular formula is C31H23N3O4. The summed E-state index contributed by atoms with van der Waals surface area (Å²) in [5, 5.41) is 1.05. The van der Waals surface area contributed by atoms with Crippen LogP contribution in [0.5, 0.6) is 5.75 Å². The number of nitrogens with zero attached hydrogens (tertiary/aromatic N) is 3. The number of fused-ring (bicyclic) bond motifs is 7. The third-order valence-corrected chi connectivity index (χ3v) is 7.73. The Morgan fingerprint density at radius 2 is 1.79 bits per heavy atom. The molecule has 7 heteroatoms. The first kappa shape index (κ1) is 21.5. The number of methoxy groups -OCH3 is 1. The average Bonchev–Trinajstić information content (AvgIpc) is 3.73. The summed E-state index contributed by atoms with van der Waals surface area (Å²) in [7, 11) is 1.69. The van der Waals surface area contributed by atoms with Crippen molar-refractivity contribution in [1.29, 1.82) is 0 Å². The fraction of sp³-hybridized carbons (Fsp3) is 0.161. The van der Waals surface area contributed by atoms with Gasteiger partial charge in [-0.2, -0.15) is 0 Å². The second-order valence-electron chi connectivity index (χ2n) is 9.81. The van der Waals surface area contributed by atoms with E-state index in [-0.39, 0.29) is 0 Å². The van der Waals surface area contributed by atoms with Gasteiger partial charge in [-0.25, -0.2) is 9.97 Å². The van der Waals surface area contributed by atoms with Gasteiger partial charge in [-0.05, 0) is 17.2 Å². The van der Waals surface area contributed by atoms with Crippen molar-refractivity contribution >= 4 is 10.9 Å². The number of hydrogen-bond donors (Lipinski definition) is 0. The number of aryl methyl sites for hydroxylation is 1. The summed E-state index contributed by atoms with van der Waals surface area (Å²) < 4.78 is 27.1. The topological polar surface area (TPSA) is 75.5 Å². The van der Waals surface area contributed by atoms with E-state index in [0.29, 0.717) is 42.3 Å². The Hall–Kier alpha value is -4.62. The van der Waals surface area contributed by atoms with E-state index in [4.69, 9.17) is 28.3 Å². The van der Waals surface area contributed by atoms with Crippen molar-refractivity contribution < 1.29 is 18.3 Å². The second-order valence-corrected chi connectivity index (χ2v) is 9.81. The van der Waals surface area contributed by atoms with Crippen molar-refractivity contribution in [3.05, 3.63) is 102 Å². The maximum absolute atomic E-state index is 6.65. The highest BCUT2D eigenvalue weighted by atomic mass is 16.5. The van der Waals surface area contributed by atoms with Crippen LogP contribution in [-0.4, -0.2) is 28.3 Å². The fourth-order valence-corrected chi connectivity index (χ4v) is 6.16. The summed E-state index contributed by atoms with van der Waals surface area (Å²) >= 11 is 0. The minimum absolute atomic E-state index is 0.367. The van der Waals surface area contributed by atoms with Crippen LogP contribution < -0.4 is 4.74 Å². The van der Waals surface area contributed by atoms with Gasteiger partial charge >= 0.3 is 0 Å². The number of benzene rings is 3. The van der Waals surface area contributed by atoms with Crippen LogP contribution in [0, 0.1) is 6.92 Å². The van der Waals surface area contributed by atoms with Gasteiger partial charge in [0.15, 0.2) is 23.1 Å². The lowest BCUT2D eigenvalue weighted by Gasteiger charge is -2.27. The highest BCUT2D eigenvalue weighted by molar-refractivity contribution is 6.06. The number of aromatic nitrogens is 3. The third kappa shape index (κ3) is 2.71. The van der Waals surface area contributed by atoms with Crippen LogP contribution in [0.1, 0.15) is 22.8 Å². The van der Waals surface area contributed by atoms with E-state index < -0.39 is 5.41 Å². The van der Waals surface area contributed by atoms with Gasteiger partial charge in [-0.1, -0.05) is 60.7 Å². The van der Waals surface area contributed by atoms with Crippen molar-refractivity contribution in [2.45, 2.75) is 19.1 Å². The lowest BCUT2D eigenvalue weighted by Crippen LogP contribution is -2.31. The Labute approximate surface area is 218 Å². The molecule has 3 aromatic carbocycles. The number of oxazole rings is 2. The van der Waals surface area contributed by atoms with Gasteiger partial charge in [0.2, 0.25) is 5.89 Å². The van der Waals surface area contributed by atoms with Gasteiger partial charge in [0.1, 0.15) is 24.5 Å². The number of ether oxygens (including phenoxy) is 2. The molecule has 0 saturated heterocycles. The van der Waals surface area contributed by atoms with Crippen molar-refractivity contribution in [2.24, 2.45) is 0 Å². The van der Waals surface area contributed by atoms with Gasteiger partial charge in [-0.15, -0.1) is 0 Å². The molecule has 0 aliphatic carbocycles. The van der Waals surface area contributed by atoms with Crippen molar-refractivity contribution in [3.8, 4) is 39.8 Å². The minimum atomic E-state index is -0.726. The van der Waals surface area contributed by atoms with E-state index in [9.17, 15) is 0 Å². The Balaban J connectivity index is 1.56. The molecular weight excluding hydrogens is 478 g/mol. The van der Waals surface area contributed by atoms with E-state index >= 15 is 0 Å². The molecule has 0 saturated carbocycles. The molecule has 0 unspecified atom stereocenters. The maximum Gasteiger partial charge on any atom is 0.249 e. The predicted molar refractivity (Wildman–Crippen MR) is 142 cm³/mol. The lowest BCUT2D eigenvalue weighted by atomic mass is 9.73. The molecule has 38 heavy (non-hydrogen) atoms. The molecule has 186 valence electrons. The van der Waals surface area contributed by atoms with E-state index in [2.05, 4.69) is 59.3 Å². The smallest absolute Gasteiger partial charge is 0.249 e. The first-order valence-corrected chi connectivity index (χ1v) is 12.6. The summed E-state index contributed by atoms with van der Waals surface area (Å²) in [5.41, 5.74) is 5.98. The van der Waals surface area contributed by atoms with Crippen molar-refractivity contribution in [1.82, 2.24) is 14.5 Å². The molecule has 0 N–H and O–H groups in total. The van der Waals surface area contributed by atoms with Crippen LogP contribution in [-0.2, 0) is 16.9 Å².